The number of hydrogen-bond donors (Lipinski definition) is 1. The average molecular weight is 380 g/mol. The van der Waals surface area contributed by atoms with E-state index in [-0.39, 0.29) is 0 Å². The van der Waals surface area contributed by atoms with Crippen LogP contribution in [0, 0.1) is 5.82 Å². The van der Waals surface area contributed by atoms with Crippen LogP contribution in [-0.2, 0) is 6.18 Å². The molecular weight excluding hydrogens is 360 g/mol. The predicted octanol–water partition coefficient (Wildman–Crippen LogP) is 3.87. The number of anilines is 1. The molecule has 144 valence electrons. The van der Waals surface area contributed by atoms with Gasteiger partial charge in [-0.25, -0.2) is 4.39 Å². The van der Waals surface area contributed by atoms with Crippen LogP contribution in [0.25, 0.3) is 0 Å². The van der Waals surface area contributed by atoms with E-state index in [0.717, 1.165) is 25.2 Å². The Morgan fingerprint density at radius 2 is 1.59 bits per heavy atom. The van der Waals surface area contributed by atoms with Crippen LogP contribution in [0.3, 0.4) is 0 Å². The van der Waals surface area contributed by atoms with Gasteiger partial charge in [0.15, 0.2) is 5.84 Å². The second-order valence-electron chi connectivity index (χ2n) is 6.39. The highest BCUT2D eigenvalue weighted by molar-refractivity contribution is 5.99. The second-order valence-corrected chi connectivity index (χ2v) is 6.39. The maximum Gasteiger partial charge on any atom is 0.416 e. The number of alkyl halides is 3. The minimum Gasteiger partial charge on any atom is -0.352 e. The number of halogens is 4. The smallest absolute Gasteiger partial charge is 0.352 e. The molecule has 0 saturated carbocycles. The van der Waals surface area contributed by atoms with Crippen LogP contribution in [0.5, 0.6) is 0 Å². The molecule has 1 saturated heterocycles. The summed E-state index contributed by atoms with van der Waals surface area (Å²) in [5.41, 5.74) is 2.77. The van der Waals surface area contributed by atoms with Crippen LogP contribution in [0.2, 0.25) is 0 Å². The van der Waals surface area contributed by atoms with Gasteiger partial charge in [-0.15, -0.1) is 0 Å². The Hall–Kier alpha value is -2.61. The van der Waals surface area contributed by atoms with Crippen LogP contribution in [0.1, 0.15) is 11.1 Å². The highest BCUT2D eigenvalue weighted by atomic mass is 19.4. The lowest BCUT2D eigenvalue weighted by molar-refractivity contribution is -0.137. The standard InChI is InChI=1S/C19H20F4N4/c1-26-10-12-27(13-11-26)18(16-4-2-3-5-17(16)20)25-24-15-8-6-14(7-9-15)19(21,22)23/h2-9,24H,10-13H2,1H3/b25-18+. The van der Waals surface area contributed by atoms with Gasteiger partial charge in [0, 0.05) is 26.2 Å². The largest absolute Gasteiger partial charge is 0.416 e. The fourth-order valence-electron chi connectivity index (χ4n) is 2.81. The summed E-state index contributed by atoms with van der Waals surface area (Å²) in [5.74, 6) is 0.0329. The summed E-state index contributed by atoms with van der Waals surface area (Å²) in [6.45, 7) is 2.98. The summed E-state index contributed by atoms with van der Waals surface area (Å²) >= 11 is 0. The lowest BCUT2D eigenvalue weighted by Crippen LogP contribution is -2.47. The van der Waals surface area contributed by atoms with E-state index in [1.54, 1.807) is 18.2 Å². The van der Waals surface area contributed by atoms with Crippen LogP contribution >= 0.6 is 0 Å². The lowest BCUT2D eigenvalue weighted by Gasteiger charge is -2.34. The molecule has 1 aliphatic heterocycles. The number of nitrogens with one attached hydrogen (secondary N) is 1. The van der Waals surface area contributed by atoms with Gasteiger partial charge in [0.2, 0.25) is 0 Å². The molecule has 0 atom stereocenters. The Labute approximate surface area is 155 Å². The third-order valence-corrected chi connectivity index (χ3v) is 4.42. The zero-order valence-corrected chi connectivity index (χ0v) is 14.8. The number of amidine groups is 1. The summed E-state index contributed by atoms with van der Waals surface area (Å²) in [4.78, 5) is 4.13. The van der Waals surface area contributed by atoms with Gasteiger partial charge in [0.05, 0.1) is 16.8 Å². The molecule has 2 aromatic carbocycles. The molecule has 0 unspecified atom stereocenters. The van der Waals surface area contributed by atoms with E-state index in [4.69, 9.17) is 0 Å². The van der Waals surface area contributed by atoms with Gasteiger partial charge < -0.3 is 9.80 Å². The van der Waals surface area contributed by atoms with Gasteiger partial charge in [0.1, 0.15) is 5.82 Å². The monoisotopic (exact) mass is 380 g/mol. The first-order valence-electron chi connectivity index (χ1n) is 8.54. The molecule has 1 heterocycles. The first-order valence-corrected chi connectivity index (χ1v) is 8.54. The molecule has 0 aromatic heterocycles. The number of nitrogens with zero attached hydrogens (tertiary/aromatic N) is 3. The molecule has 8 heteroatoms. The van der Waals surface area contributed by atoms with Gasteiger partial charge in [-0.2, -0.15) is 18.3 Å². The van der Waals surface area contributed by atoms with Crippen molar-refractivity contribution >= 4 is 11.5 Å². The Bertz CT molecular complexity index is 794. The molecule has 4 nitrogen and oxygen atoms in total. The van der Waals surface area contributed by atoms with Crippen molar-refractivity contribution in [3.05, 3.63) is 65.5 Å². The summed E-state index contributed by atoms with van der Waals surface area (Å²) < 4.78 is 52.3. The maximum atomic E-state index is 14.3. The van der Waals surface area contributed by atoms with Gasteiger partial charge in [-0.3, -0.25) is 5.43 Å². The fourth-order valence-corrected chi connectivity index (χ4v) is 2.81. The Balaban J connectivity index is 1.85. The van der Waals surface area contributed by atoms with Crippen molar-refractivity contribution in [1.82, 2.24) is 9.80 Å². The molecule has 2 aromatic rings. The Morgan fingerprint density at radius 1 is 0.963 bits per heavy atom. The normalized spacial score (nSPS) is 16.5. The molecule has 1 fully saturated rings. The number of benzene rings is 2. The van der Waals surface area contributed by atoms with Crippen molar-refractivity contribution in [3.63, 3.8) is 0 Å². The molecule has 0 radical (unpaired) electrons. The van der Waals surface area contributed by atoms with E-state index in [1.807, 2.05) is 11.9 Å². The third-order valence-electron chi connectivity index (χ3n) is 4.42. The van der Waals surface area contributed by atoms with Gasteiger partial charge in [0.25, 0.3) is 0 Å². The SMILES string of the molecule is CN1CCN(/C(=N/Nc2ccc(C(F)(F)F)cc2)c2ccccc2F)CC1. The van der Waals surface area contributed by atoms with Gasteiger partial charge in [-0.05, 0) is 43.4 Å². The Kier molecular flexibility index (Phi) is 5.65. The fraction of sp³-hybridized carbons (Fsp3) is 0.316. The van der Waals surface area contributed by atoms with Crippen LogP contribution in [-0.4, -0.2) is 48.9 Å². The van der Waals surface area contributed by atoms with E-state index in [9.17, 15) is 17.6 Å². The lowest BCUT2D eigenvalue weighted by atomic mass is 10.1. The predicted molar refractivity (Wildman–Crippen MR) is 97.1 cm³/mol. The highest BCUT2D eigenvalue weighted by Crippen LogP contribution is 2.29. The Morgan fingerprint density at radius 3 is 2.19 bits per heavy atom. The minimum atomic E-state index is -4.39. The first kappa shape index (κ1) is 19.2. The summed E-state index contributed by atoms with van der Waals surface area (Å²) in [7, 11) is 2.01. The summed E-state index contributed by atoms with van der Waals surface area (Å²) in [6, 6.07) is 10.9. The summed E-state index contributed by atoms with van der Waals surface area (Å²) in [6.07, 6.45) is -4.39. The van der Waals surface area contributed by atoms with E-state index in [1.165, 1.54) is 18.2 Å². The maximum absolute atomic E-state index is 14.3. The molecule has 0 spiro atoms. The quantitative estimate of drug-likeness (QED) is 0.380. The van der Waals surface area contributed by atoms with Gasteiger partial charge >= 0.3 is 6.18 Å². The molecule has 0 aliphatic carbocycles. The molecule has 3 rings (SSSR count). The van der Waals surface area contributed by atoms with Crippen molar-refractivity contribution in [2.24, 2.45) is 5.10 Å². The molecule has 0 bridgehead atoms. The number of piperazine rings is 1. The number of hydrogen-bond acceptors (Lipinski definition) is 3. The zero-order valence-electron chi connectivity index (χ0n) is 14.8. The van der Waals surface area contributed by atoms with Crippen LogP contribution < -0.4 is 5.43 Å². The third kappa shape index (κ3) is 4.77. The van der Waals surface area contributed by atoms with E-state index < -0.39 is 17.6 Å². The topological polar surface area (TPSA) is 30.9 Å². The average Bonchev–Trinajstić information content (AvgIpc) is 2.64. The molecule has 1 aliphatic rings. The van der Waals surface area contributed by atoms with Gasteiger partial charge in [-0.1, -0.05) is 12.1 Å². The van der Waals surface area contributed by atoms with E-state index >= 15 is 0 Å². The highest BCUT2D eigenvalue weighted by Gasteiger charge is 2.30. The number of rotatable bonds is 3. The van der Waals surface area contributed by atoms with Crippen molar-refractivity contribution < 1.29 is 17.6 Å². The molecule has 27 heavy (non-hydrogen) atoms. The van der Waals surface area contributed by atoms with E-state index in [0.29, 0.717) is 30.2 Å². The first-order chi connectivity index (χ1) is 12.8. The van der Waals surface area contributed by atoms with Crippen molar-refractivity contribution in [3.8, 4) is 0 Å². The molecule has 1 N–H and O–H groups in total. The van der Waals surface area contributed by atoms with Crippen molar-refractivity contribution in [2.45, 2.75) is 6.18 Å². The molecule has 0 amide bonds. The number of likely N-dealkylation sites (N-methyl/N-ethyl adjacent to an activating group) is 1. The molecular formula is C19H20F4N4. The van der Waals surface area contributed by atoms with Crippen LogP contribution in [0.4, 0.5) is 23.2 Å². The van der Waals surface area contributed by atoms with Crippen molar-refractivity contribution in [1.29, 1.82) is 0 Å². The second kappa shape index (κ2) is 7.96. The zero-order chi connectivity index (χ0) is 19.4. The van der Waals surface area contributed by atoms with E-state index in [2.05, 4.69) is 15.4 Å². The number of hydrazone groups is 1. The minimum absolute atomic E-state index is 0.349. The van der Waals surface area contributed by atoms with Crippen molar-refractivity contribution in [2.75, 3.05) is 38.7 Å². The summed E-state index contributed by atoms with van der Waals surface area (Å²) in [5, 5.41) is 4.32. The van der Waals surface area contributed by atoms with Crippen LogP contribution in [0.15, 0.2) is 53.6 Å².